The molecule has 0 amide bonds. The van der Waals surface area contributed by atoms with Gasteiger partial charge in [-0.1, -0.05) is 0 Å². The number of rotatable bonds is 1. The largest absolute Gasteiger partial charge is 0.617 e. The van der Waals surface area contributed by atoms with E-state index in [0.29, 0.717) is 16.8 Å². The molecular weight excluding hydrogens is 218 g/mol. The molecule has 1 unspecified atom stereocenters. The first-order chi connectivity index (χ1) is 7.09. The fourth-order valence-corrected chi connectivity index (χ4v) is 2.01. The Morgan fingerprint density at radius 2 is 2.40 bits per heavy atom. The number of nitrogens with zero attached hydrogens (tertiary/aromatic N) is 1. The molecule has 5 heteroatoms. The van der Waals surface area contributed by atoms with Crippen LogP contribution in [0.15, 0.2) is 12.1 Å². The summed E-state index contributed by atoms with van der Waals surface area (Å²) in [7, 11) is 0. The summed E-state index contributed by atoms with van der Waals surface area (Å²) in [5.74, 6) is -0.382. The van der Waals surface area contributed by atoms with Gasteiger partial charge >= 0.3 is 5.97 Å². The first kappa shape index (κ1) is 10.2. The van der Waals surface area contributed by atoms with Crippen molar-refractivity contribution in [1.82, 2.24) is 0 Å². The summed E-state index contributed by atoms with van der Waals surface area (Å²) in [5, 5.41) is 11.8. The monoisotopic (exact) mass is 227 g/mol. The molecule has 2 rings (SSSR count). The van der Waals surface area contributed by atoms with Crippen molar-refractivity contribution in [2.75, 3.05) is 0 Å². The Kier molecular flexibility index (Phi) is 2.52. The van der Waals surface area contributed by atoms with Crippen molar-refractivity contribution in [2.24, 2.45) is 0 Å². The Balaban J connectivity index is 2.40. The van der Waals surface area contributed by atoms with Crippen LogP contribution >= 0.6 is 11.6 Å². The number of aryl methyl sites for hydroxylation is 1. The van der Waals surface area contributed by atoms with E-state index in [1.807, 2.05) is 0 Å². The molecule has 4 nitrogen and oxygen atoms in total. The number of aromatic nitrogens is 1. The van der Waals surface area contributed by atoms with Crippen LogP contribution in [0.5, 0.6) is 0 Å². The Bertz CT molecular complexity index is 419. The number of hydrogen-bond donors (Lipinski definition) is 0. The van der Waals surface area contributed by atoms with E-state index in [1.165, 1.54) is 6.92 Å². The quantitative estimate of drug-likeness (QED) is 0.316. The lowest BCUT2D eigenvalue weighted by atomic mass is 10.2. The van der Waals surface area contributed by atoms with Crippen LogP contribution in [-0.2, 0) is 16.0 Å². The topological polar surface area (TPSA) is 53.2 Å². The van der Waals surface area contributed by atoms with Crippen molar-refractivity contribution in [2.45, 2.75) is 25.9 Å². The van der Waals surface area contributed by atoms with Gasteiger partial charge in [0.05, 0.1) is 0 Å². The first-order valence-electron chi connectivity index (χ1n) is 4.67. The second-order valence-electron chi connectivity index (χ2n) is 3.50. The Labute approximate surface area is 92.0 Å². The van der Waals surface area contributed by atoms with Gasteiger partial charge in [0.25, 0.3) is 5.15 Å². The second kappa shape index (κ2) is 3.70. The highest BCUT2D eigenvalue weighted by Crippen LogP contribution is 2.32. The summed E-state index contributed by atoms with van der Waals surface area (Å²) in [6.07, 6.45) is 0.943. The molecule has 15 heavy (non-hydrogen) atoms. The Morgan fingerprint density at radius 3 is 3.07 bits per heavy atom. The van der Waals surface area contributed by atoms with Gasteiger partial charge in [0.1, 0.15) is 0 Å². The molecule has 1 aliphatic rings. The van der Waals surface area contributed by atoms with Crippen molar-refractivity contribution in [3.63, 3.8) is 0 Å². The number of ether oxygens (including phenoxy) is 1. The summed E-state index contributed by atoms with van der Waals surface area (Å²) >= 11 is 5.70. The SMILES string of the molecule is CC(=O)OC1CCc2ccc(Cl)[n+]([O-])c21. The van der Waals surface area contributed by atoms with Gasteiger partial charge in [-0.15, -0.1) is 0 Å². The van der Waals surface area contributed by atoms with Gasteiger partial charge in [0.2, 0.25) is 5.69 Å². The molecule has 0 bridgehead atoms. The minimum atomic E-state index is -0.450. The highest BCUT2D eigenvalue weighted by molar-refractivity contribution is 6.28. The van der Waals surface area contributed by atoms with E-state index < -0.39 is 6.10 Å². The fraction of sp³-hybridized carbons (Fsp3) is 0.400. The summed E-state index contributed by atoms with van der Waals surface area (Å²) < 4.78 is 5.69. The van der Waals surface area contributed by atoms with Crippen LogP contribution in [0.2, 0.25) is 5.15 Å². The van der Waals surface area contributed by atoms with Gasteiger partial charge in [-0.3, -0.25) is 4.79 Å². The van der Waals surface area contributed by atoms with Crippen molar-refractivity contribution in [1.29, 1.82) is 0 Å². The van der Waals surface area contributed by atoms with Gasteiger partial charge in [-0.05, 0) is 30.5 Å². The molecule has 0 aromatic carbocycles. The molecule has 0 saturated carbocycles. The zero-order valence-corrected chi connectivity index (χ0v) is 8.95. The van der Waals surface area contributed by atoms with Crippen LogP contribution in [0.1, 0.15) is 30.7 Å². The predicted molar refractivity (Wildman–Crippen MR) is 53.2 cm³/mol. The van der Waals surface area contributed by atoms with Crippen LogP contribution in [0.4, 0.5) is 0 Å². The van der Waals surface area contributed by atoms with E-state index >= 15 is 0 Å². The van der Waals surface area contributed by atoms with Crippen LogP contribution in [0.3, 0.4) is 0 Å². The molecule has 0 fully saturated rings. The maximum absolute atomic E-state index is 11.6. The van der Waals surface area contributed by atoms with Crippen LogP contribution < -0.4 is 4.73 Å². The van der Waals surface area contributed by atoms with Crippen LogP contribution in [-0.4, -0.2) is 5.97 Å². The molecule has 0 aliphatic heterocycles. The van der Waals surface area contributed by atoms with E-state index in [1.54, 1.807) is 12.1 Å². The van der Waals surface area contributed by atoms with Crippen molar-refractivity contribution >= 4 is 17.6 Å². The molecule has 1 atom stereocenters. The Morgan fingerprint density at radius 1 is 1.67 bits per heavy atom. The average Bonchev–Trinajstić information content (AvgIpc) is 2.55. The van der Waals surface area contributed by atoms with Gasteiger partial charge < -0.3 is 9.94 Å². The van der Waals surface area contributed by atoms with Crippen LogP contribution in [0, 0.1) is 5.21 Å². The number of carbonyl (C=O) groups excluding carboxylic acids is 1. The molecule has 80 valence electrons. The van der Waals surface area contributed by atoms with Crippen molar-refractivity contribution < 1.29 is 14.3 Å². The van der Waals surface area contributed by atoms with Gasteiger partial charge in [0, 0.05) is 18.6 Å². The molecule has 1 aromatic heterocycles. The summed E-state index contributed by atoms with van der Waals surface area (Å²) in [6.45, 7) is 1.33. The third-order valence-corrected chi connectivity index (χ3v) is 2.73. The summed E-state index contributed by atoms with van der Waals surface area (Å²) in [4.78, 5) is 10.8. The minimum Gasteiger partial charge on any atom is -0.617 e. The highest BCUT2D eigenvalue weighted by Gasteiger charge is 2.33. The Hall–Kier alpha value is -1.29. The number of pyridine rings is 1. The fourth-order valence-electron chi connectivity index (χ4n) is 1.86. The minimum absolute atomic E-state index is 0.104. The number of carbonyl (C=O) groups is 1. The third-order valence-electron chi connectivity index (χ3n) is 2.45. The first-order valence-corrected chi connectivity index (χ1v) is 5.05. The maximum Gasteiger partial charge on any atom is 0.303 e. The normalized spacial score (nSPS) is 18.7. The zero-order valence-electron chi connectivity index (χ0n) is 8.20. The predicted octanol–water partition coefficient (Wildman–Crippen LogP) is 1.52. The molecule has 0 radical (unpaired) electrons. The lowest BCUT2D eigenvalue weighted by molar-refractivity contribution is -0.615. The van der Waals surface area contributed by atoms with Gasteiger partial charge in [-0.2, -0.15) is 4.73 Å². The lowest BCUT2D eigenvalue weighted by Crippen LogP contribution is -2.35. The maximum atomic E-state index is 11.6. The molecular formula is C10H10ClNO3. The van der Waals surface area contributed by atoms with E-state index in [0.717, 1.165) is 12.0 Å². The number of fused-ring (bicyclic) bond motifs is 1. The number of esters is 1. The third kappa shape index (κ3) is 1.77. The van der Waals surface area contributed by atoms with Crippen LogP contribution in [0.25, 0.3) is 0 Å². The van der Waals surface area contributed by atoms with E-state index in [-0.39, 0.29) is 11.1 Å². The summed E-state index contributed by atoms with van der Waals surface area (Å²) in [6, 6.07) is 3.36. The molecule has 0 saturated heterocycles. The molecule has 0 spiro atoms. The summed E-state index contributed by atoms with van der Waals surface area (Å²) in [5.41, 5.74) is 1.37. The smallest absolute Gasteiger partial charge is 0.303 e. The van der Waals surface area contributed by atoms with Gasteiger partial charge in [0.15, 0.2) is 6.10 Å². The average molecular weight is 228 g/mol. The zero-order chi connectivity index (χ0) is 11.0. The molecule has 0 N–H and O–H groups in total. The lowest BCUT2D eigenvalue weighted by Gasteiger charge is -2.11. The van der Waals surface area contributed by atoms with Gasteiger partial charge in [-0.25, -0.2) is 0 Å². The standard InChI is InChI=1S/C10H10ClNO3/c1-6(13)15-8-4-2-7-3-5-9(11)12(14)10(7)8/h3,5,8H,2,4H2,1H3. The van der Waals surface area contributed by atoms with E-state index in [9.17, 15) is 10.0 Å². The number of halogens is 1. The van der Waals surface area contributed by atoms with Crippen molar-refractivity contribution in [3.05, 3.63) is 33.8 Å². The molecule has 1 heterocycles. The molecule has 1 aliphatic carbocycles. The van der Waals surface area contributed by atoms with E-state index in [4.69, 9.17) is 16.3 Å². The second-order valence-corrected chi connectivity index (χ2v) is 3.88. The molecule has 1 aromatic rings. The van der Waals surface area contributed by atoms with E-state index in [2.05, 4.69) is 0 Å². The highest BCUT2D eigenvalue weighted by atomic mass is 35.5. The number of hydrogen-bond acceptors (Lipinski definition) is 3. The van der Waals surface area contributed by atoms with Crippen molar-refractivity contribution in [3.8, 4) is 0 Å².